The first kappa shape index (κ1) is 14.6. The standard InChI is InChI=1S/C14H15Cl2NOS/c15-9-12-10-19-14(17-12)3-1-2-8-18-13-6-4-11(16)5-7-13/h4-7,10H,1-3,8-9H2. The Bertz CT molecular complexity index is 498. The quantitative estimate of drug-likeness (QED) is 0.533. The van der Waals surface area contributed by atoms with Gasteiger partial charge in [-0.05, 0) is 43.5 Å². The van der Waals surface area contributed by atoms with Gasteiger partial charge in [0.25, 0.3) is 0 Å². The SMILES string of the molecule is ClCc1csc(CCCCOc2ccc(Cl)cc2)n1. The molecule has 0 N–H and O–H groups in total. The summed E-state index contributed by atoms with van der Waals surface area (Å²) in [6, 6.07) is 7.44. The highest BCUT2D eigenvalue weighted by molar-refractivity contribution is 7.09. The van der Waals surface area contributed by atoms with Crippen LogP contribution in [-0.4, -0.2) is 11.6 Å². The number of unbranched alkanes of at least 4 members (excludes halogenated alkanes) is 1. The minimum atomic E-state index is 0.496. The second kappa shape index (κ2) is 7.73. The maximum atomic E-state index is 5.81. The molecule has 1 heterocycles. The van der Waals surface area contributed by atoms with Crippen molar-refractivity contribution in [2.75, 3.05) is 6.61 Å². The predicted molar refractivity (Wildman–Crippen MR) is 81.6 cm³/mol. The van der Waals surface area contributed by atoms with Crippen molar-refractivity contribution in [3.05, 3.63) is 45.4 Å². The summed E-state index contributed by atoms with van der Waals surface area (Å²) in [6.07, 6.45) is 3.08. The van der Waals surface area contributed by atoms with E-state index >= 15 is 0 Å². The number of benzene rings is 1. The lowest BCUT2D eigenvalue weighted by molar-refractivity contribution is 0.307. The molecule has 0 atom stereocenters. The highest BCUT2D eigenvalue weighted by Gasteiger charge is 2.01. The first-order chi connectivity index (χ1) is 9.28. The number of nitrogens with zero attached hydrogens (tertiary/aromatic N) is 1. The Balaban J connectivity index is 1.63. The van der Waals surface area contributed by atoms with E-state index in [1.165, 1.54) is 0 Å². The lowest BCUT2D eigenvalue weighted by Crippen LogP contribution is -1.98. The van der Waals surface area contributed by atoms with Crippen LogP contribution in [0.1, 0.15) is 23.5 Å². The Morgan fingerprint density at radius 2 is 1.95 bits per heavy atom. The number of halogens is 2. The van der Waals surface area contributed by atoms with E-state index < -0.39 is 0 Å². The molecule has 0 bridgehead atoms. The van der Waals surface area contributed by atoms with Crippen molar-refractivity contribution in [3.63, 3.8) is 0 Å². The number of aryl methyl sites for hydroxylation is 1. The minimum Gasteiger partial charge on any atom is -0.494 e. The Morgan fingerprint density at radius 1 is 1.16 bits per heavy atom. The van der Waals surface area contributed by atoms with E-state index in [1.807, 2.05) is 29.6 Å². The Kier molecular flexibility index (Phi) is 5.95. The van der Waals surface area contributed by atoms with Crippen LogP contribution in [-0.2, 0) is 12.3 Å². The number of alkyl halides is 1. The maximum Gasteiger partial charge on any atom is 0.119 e. The first-order valence-electron chi connectivity index (χ1n) is 6.15. The van der Waals surface area contributed by atoms with Crippen LogP contribution in [0, 0.1) is 0 Å². The van der Waals surface area contributed by atoms with E-state index in [0.717, 1.165) is 47.3 Å². The monoisotopic (exact) mass is 315 g/mol. The second-order valence-electron chi connectivity index (χ2n) is 4.13. The molecule has 0 fully saturated rings. The minimum absolute atomic E-state index is 0.496. The van der Waals surface area contributed by atoms with Crippen LogP contribution in [0.4, 0.5) is 0 Å². The van der Waals surface area contributed by atoms with E-state index in [4.69, 9.17) is 27.9 Å². The molecule has 102 valence electrons. The lowest BCUT2D eigenvalue weighted by atomic mass is 10.2. The van der Waals surface area contributed by atoms with Crippen LogP contribution in [0.15, 0.2) is 29.6 Å². The summed E-state index contributed by atoms with van der Waals surface area (Å²) < 4.78 is 5.63. The van der Waals surface area contributed by atoms with Gasteiger partial charge in [-0.3, -0.25) is 0 Å². The number of aromatic nitrogens is 1. The summed E-state index contributed by atoms with van der Waals surface area (Å²) in [5.74, 6) is 1.36. The summed E-state index contributed by atoms with van der Waals surface area (Å²) in [4.78, 5) is 4.43. The van der Waals surface area contributed by atoms with Gasteiger partial charge in [-0.2, -0.15) is 0 Å². The number of hydrogen-bond acceptors (Lipinski definition) is 3. The van der Waals surface area contributed by atoms with Gasteiger partial charge in [0.05, 0.1) is 23.2 Å². The van der Waals surface area contributed by atoms with Crippen LogP contribution in [0.25, 0.3) is 0 Å². The van der Waals surface area contributed by atoms with Gasteiger partial charge in [-0.25, -0.2) is 4.98 Å². The van der Waals surface area contributed by atoms with Gasteiger partial charge in [-0.1, -0.05) is 11.6 Å². The third-order valence-corrected chi connectivity index (χ3v) is 4.09. The molecule has 2 nitrogen and oxygen atoms in total. The average Bonchev–Trinajstić information content (AvgIpc) is 2.88. The summed E-state index contributed by atoms with van der Waals surface area (Å²) in [5, 5.41) is 3.90. The molecule has 1 aromatic carbocycles. The Labute approximate surface area is 127 Å². The van der Waals surface area contributed by atoms with Crippen LogP contribution in [0.5, 0.6) is 5.75 Å². The molecule has 0 saturated carbocycles. The van der Waals surface area contributed by atoms with Crippen molar-refractivity contribution in [3.8, 4) is 5.75 Å². The van der Waals surface area contributed by atoms with E-state index in [0.29, 0.717) is 5.88 Å². The van der Waals surface area contributed by atoms with E-state index in [9.17, 15) is 0 Å². The number of thiazole rings is 1. The molecule has 5 heteroatoms. The van der Waals surface area contributed by atoms with Gasteiger partial charge in [0.2, 0.25) is 0 Å². The first-order valence-corrected chi connectivity index (χ1v) is 7.95. The fourth-order valence-electron chi connectivity index (χ4n) is 1.62. The van der Waals surface area contributed by atoms with E-state index in [1.54, 1.807) is 11.3 Å². The predicted octanol–water partition coefficient (Wildman–Crippen LogP) is 4.94. The zero-order chi connectivity index (χ0) is 13.5. The lowest BCUT2D eigenvalue weighted by Gasteiger charge is -2.05. The molecule has 0 saturated heterocycles. The van der Waals surface area contributed by atoms with Crippen molar-refractivity contribution in [2.45, 2.75) is 25.1 Å². The van der Waals surface area contributed by atoms with Crippen LogP contribution in [0.2, 0.25) is 5.02 Å². The van der Waals surface area contributed by atoms with Crippen molar-refractivity contribution in [1.82, 2.24) is 4.98 Å². The van der Waals surface area contributed by atoms with E-state index in [-0.39, 0.29) is 0 Å². The van der Waals surface area contributed by atoms with Crippen LogP contribution >= 0.6 is 34.5 Å². The summed E-state index contributed by atoms with van der Waals surface area (Å²) in [7, 11) is 0. The summed E-state index contributed by atoms with van der Waals surface area (Å²) in [5.41, 5.74) is 0.971. The number of ether oxygens (including phenoxy) is 1. The van der Waals surface area contributed by atoms with Crippen molar-refractivity contribution < 1.29 is 4.74 Å². The number of rotatable bonds is 7. The fraction of sp³-hybridized carbons (Fsp3) is 0.357. The highest BCUT2D eigenvalue weighted by Crippen LogP contribution is 2.17. The molecular formula is C14H15Cl2NOS. The normalized spacial score (nSPS) is 10.6. The van der Waals surface area contributed by atoms with Crippen molar-refractivity contribution >= 4 is 34.5 Å². The molecule has 0 aliphatic heterocycles. The third-order valence-electron chi connectivity index (χ3n) is 2.60. The topological polar surface area (TPSA) is 22.1 Å². The molecule has 0 aliphatic rings. The molecule has 0 radical (unpaired) electrons. The van der Waals surface area contributed by atoms with Gasteiger partial charge in [0.1, 0.15) is 5.75 Å². The molecular weight excluding hydrogens is 301 g/mol. The average molecular weight is 316 g/mol. The molecule has 0 spiro atoms. The van der Waals surface area contributed by atoms with Crippen molar-refractivity contribution in [1.29, 1.82) is 0 Å². The van der Waals surface area contributed by atoms with Gasteiger partial charge >= 0.3 is 0 Å². The summed E-state index contributed by atoms with van der Waals surface area (Å²) >= 11 is 13.2. The molecule has 0 aliphatic carbocycles. The molecule has 0 amide bonds. The molecule has 1 aromatic heterocycles. The van der Waals surface area contributed by atoms with Crippen LogP contribution < -0.4 is 4.74 Å². The molecule has 2 rings (SSSR count). The zero-order valence-corrected chi connectivity index (χ0v) is 12.8. The summed E-state index contributed by atoms with van der Waals surface area (Å²) in [6.45, 7) is 0.718. The molecule has 2 aromatic rings. The highest BCUT2D eigenvalue weighted by atomic mass is 35.5. The Morgan fingerprint density at radius 3 is 2.63 bits per heavy atom. The van der Waals surface area contributed by atoms with Gasteiger partial charge in [-0.15, -0.1) is 22.9 Å². The maximum absolute atomic E-state index is 5.81. The Hall–Kier alpha value is -0.770. The van der Waals surface area contributed by atoms with E-state index in [2.05, 4.69) is 4.98 Å². The van der Waals surface area contributed by atoms with Gasteiger partial charge < -0.3 is 4.74 Å². The largest absolute Gasteiger partial charge is 0.494 e. The van der Waals surface area contributed by atoms with Gasteiger partial charge in [0.15, 0.2) is 0 Å². The third kappa shape index (κ3) is 5.01. The smallest absolute Gasteiger partial charge is 0.119 e. The van der Waals surface area contributed by atoms with Crippen LogP contribution in [0.3, 0.4) is 0 Å². The van der Waals surface area contributed by atoms with Crippen molar-refractivity contribution in [2.24, 2.45) is 0 Å². The second-order valence-corrected chi connectivity index (χ2v) is 5.77. The number of hydrogen-bond donors (Lipinski definition) is 0. The fourth-order valence-corrected chi connectivity index (χ4v) is 2.82. The molecule has 0 unspecified atom stereocenters. The van der Waals surface area contributed by atoms with Gasteiger partial charge in [0, 0.05) is 10.4 Å². The zero-order valence-electron chi connectivity index (χ0n) is 10.4. The molecule has 19 heavy (non-hydrogen) atoms.